The van der Waals surface area contributed by atoms with Crippen LogP contribution in [0, 0.1) is 0 Å². The normalized spacial score (nSPS) is 17.1. The molecule has 3 heterocycles. The van der Waals surface area contributed by atoms with Gasteiger partial charge in [-0.15, -0.1) is 11.3 Å². The Balaban J connectivity index is 1.55. The van der Waals surface area contributed by atoms with Crippen LogP contribution in [0.15, 0.2) is 46.3 Å². The first kappa shape index (κ1) is 17.7. The van der Waals surface area contributed by atoms with Gasteiger partial charge in [-0.25, -0.2) is 0 Å². The first-order valence-corrected chi connectivity index (χ1v) is 9.92. The quantitative estimate of drug-likeness (QED) is 0.663. The van der Waals surface area contributed by atoms with Crippen molar-refractivity contribution in [3.05, 3.63) is 52.5 Å². The zero-order chi connectivity index (χ0) is 18.6. The molecule has 1 amide bonds. The second kappa shape index (κ2) is 7.92. The van der Waals surface area contributed by atoms with E-state index in [9.17, 15) is 4.79 Å². The third-order valence-electron chi connectivity index (χ3n) is 4.78. The monoisotopic (exact) mass is 383 g/mol. The Bertz CT molecular complexity index is 907. The lowest BCUT2D eigenvalue weighted by molar-refractivity contribution is -0.134. The van der Waals surface area contributed by atoms with Crippen LogP contribution in [0.25, 0.3) is 11.4 Å². The van der Waals surface area contributed by atoms with E-state index in [4.69, 9.17) is 9.26 Å². The molecule has 0 radical (unpaired) electrons. The Morgan fingerprint density at radius 2 is 2.26 bits per heavy atom. The summed E-state index contributed by atoms with van der Waals surface area (Å²) in [5.74, 6) is 1.87. The molecular weight excluding hydrogens is 362 g/mol. The van der Waals surface area contributed by atoms with Crippen LogP contribution in [0.5, 0.6) is 5.75 Å². The van der Waals surface area contributed by atoms with Crippen LogP contribution in [0.4, 0.5) is 0 Å². The average Bonchev–Trinajstić information content (AvgIpc) is 3.40. The molecule has 27 heavy (non-hydrogen) atoms. The third kappa shape index (κ3) is 3.88. The van der Waals surface area contributed by atoms with Gasteiger partial charge in [-0.3, -0.25) is 4.79 Å². The zero-order valence-corrected chi connectivity index (χ0v) is 15.9. The van der Waals surface area contributed by atoms with Crippen molar-refractivity contribution in [3.8, 4) is 17.1 Å². The molecule has 0 saturated carbocycles. The van der Waals surface area contributed by atoms with Gasteiger partial charge in [0.1, 0.15) is 11.8 Å². The molecule has 3 aromatic rings. The molecule has 1 saturated heterocycles. The van der Waals surface area contributed by atoms with Crippen molar-refractivity contribution in [2.75, 3.05) is 13.7 Å². The summed E-state index contributed by atoms with van der Waals surface area (Å²) in [7, 11) is 1.62. The summed E-state index contributed by atoms with van der Waals surface area (Å²) in [5.41, 5.74) is 0.830. The lowest BCUT2D eigenvalue weighted by atomic mass is 10.0. The number of nitrogens with zero attached hydrogens (tertiary/aromatic N) is 3. The molecule has 1 aromatic carbocycles. The molecule has 0 spiro atoms. The maximum Gasteiger partial charge on any atom is 0.249 e. The summed E-state index contributed by atoms with van der Waals surface area (Å²) in [6.45, 7) is 0.728. The fourth-order valence-electron chi connectivity index (χ4n) is 3.40. The van der Waals surface area contributed by atoms with Gasteiger partial charge in [-0.05, 0) is 42.8 Å². The number of carbonyl (C=O) groups is 1. The maximum absolute atomic E-state index is 12.8. The number of benzene rings is 1. The van der Waals surface area contributed by atoms with Crippen molar-refractivity contribution >= 4 is 17.2 Å². The first-order valence-electron chi connectivity index (χ1n) is 9.04. The van der Waals surface area contributed by atoms with E-state index in [1.54, 1.807) is 18.4 Å². The SMILES string of the molecule is COc1cccc(-c2noc(C3CCCCN3C(=O)Cc3cccs3)n2)c1. The molecule has 1 unspecified atom stereocenters. The van der Waals surface area contributed by atoms with Gasteiger partial charge < -0.3 is 14.2 Å². The number of carbonyl (C=O) groups excluding carboxylic acids is 1. The molecular formula is C20H21N3O3S. The zero-order valence-electron chi connectivity index (χ0n) is 15.1. The third-order valence-corrected chi connectivity index (χ3v) is 5.66. The highest BCUT2D eigenvalue weighted by molar-refractivity contribution is 7.10. The Morgan fingerprint density at radius 3 is 3.07 bits per heavy atom. The Morgan fingerprint density at radius 1 is 1.33 bits per heavy atom. The molecule has 1 atom stereocenters. The second-order valence-corrected chi connectivity index (χ2v) is 7.58. The lowest BCUT2D eigenvalue weighted by Crippen LogP contribution is -2.39. The van der Waals surface area contributed by atoms with Crippen molar-refractivity contribution in [1.29, 1.82) is 0 Å². The molecule has 4 rings (SSSR count). The molecule has 0 N–H and O–H groups in total. The van der Waals surface area contributed by atoms with Gasteiger partial charge in [-0.1, -0.05) is 23.4 Å². The van der Waals surface area contributed by atoms with E-state index in [0.29, 0.717) is 18.1 Å². The number of rotatable bonds is 5. The Labute approximate surface area is 161 Å². The second-order valence-electron chi connectivity index (χ2n) is 6.54. The van der Waals surface area contributed by atoms with E-state index in [1.165, 1.54) is 0 Å². The first-order chi connectivity index (χ1) is 13.2. The van der Waals surface area contributed by atoms with E-state index < -0.39 is 0 Å². The van der Waals surface area contributed by atoms with Crippen LogP contribution in [0.3, 0.4) is 0 Å². The van der Waals surface area contributed by atoms with Gasteiger partial charge in [0.2, 0.25) is 17.6 Å². The predicted octanol–water partition coefficient (Wildman–Crippen LogP) is 4.10. The molecule has 7 heteroatoms. The molecule has 0 bridgehead atoms. The molecule has 6 nitrogen and oxygen atoms in total. The van der Waals surface area contributed by atoms with Crippen molar-refractivity contribution < 1.29 is 14.1 Å². The number of hydrogen-bond donors (Lipinski definition) is 0. The molecule has 1 aliphatic heterocycles. The van der Waals surface area contributed by atoms with E-state index >= 15 is 0 Å². The topological polar surface area (TPSA) is 68.5 Å². The summed E-state index contributed by atoms with van der Waals surface area (Å²) in [5, 5.41) is 6.12. The standard InChI is InChI=1S/C20H21N3O3S/c1-25-15-7-4-6-14(12-15)19-21-20(26-22-19)17-9-2-3-10-23(17)18(24)13-16-8-5-11-27-16/h4-8,11-12,17H,2-3,9-10,13H2,1H3. The van der Waals surface area contributed by atoms with Crippen LogP contribution in [-0.2, 0) is 11.2 Å². The summed E-state index contributed by atoms with van der Waals surface area (Å²) in [4.78, 5) is 20.4. The molecule has 0 aliphatic carbocycles. The summed E-state index contributed by atoms with van der Waals surface area (Å²) in [6.07, 6.45) is 3.31. The van der Waals surface area contributed by atoms with Crippen molar-refractivity contribution in [1.82, 2.24) is 15.0 Å². The van der Waals surface area contributed by atoms with Crippen LogP contribution < -0.4 is 4.74 Å². The molecule has 140 valence electrons. The van der Waals surface area contributed by atoms with E-state index in [-0.39, 0.29) is 11.9 Å². The highest BCUT2D eigenvalue weighted by Crippen LogP contribution is 2.32. The molecule has 1 fully saturated rings. The predicted molar refractivity (Wildman–Crippen MR) is 103 cm³/mol. The minimum atomic E-state index is -0.155. The average molecular weight is 383 g/mol. The van der Waals surface area contributed by atoms with Crippen LogP contribution in [0.2, 0.25) is 0 Å². The lowest BCUT2D eigenvalue weighted by Gasteiger charge is -2.33. The Hall–Kier alpha value is -2.67. The number of aromatic nitrogens is 2. The van der Waals surface area contributed by atoms with Crippen molar-refractivity contribution in [2.24, 2.45) is 0 Å². The van der Waals surface area contributed by atoms with E-state index in [2.05, 4.69) is 10.1 Å². The summed E-state index contributed by atoms with van der Waals surface area (Å²) < 4.78 is 10.8. The maximum atomic E-state index is 12.8. The number of hydrogen-bond acceptors (Lipinski definition) is 6. The smallest absolute Gasteiger partial charge is 0.249 e. The fraction of sp³-hybridized carbons (Fsp3) is 0.350. The summed E-state index contributed by atoms with van der Waals surface area (Å²) in [6, 6.07) is 11.4. The summed E-state index contributed by atoms with van der Waals surface area (Å²) >= 11 is 1.61. The number of amides is 1. The molecule has 1 aliphatic rings. The minimum absolute atomic E-state index is 0.114. The number of ether oxygens (including phenoxy) is 1. The number of piperidine rings is 1. The van der Waals surface area contributed by atoms with Crippen LogP contribution >= 0.6 is 11.3 Å². The van der Waals surface area contributed by atoms with Gasteiger partial charge in [0.25, 0.3) is 0 Å². The largest absolute Gasteiger partial charge is 0.497 e. The highest BCUT2D eigenvalue weighted by Gasteiger charge is 2.32. The Kier molecular flexibility index (Phi) is 5.20. The highest BCUT2D eigenvalue weighted by atomic mass is 32.1. The van der Waals surface area contributed by atoms with E-state index in [0.717, 1.165) is 42.0 Å². The van der Waals surface area contributed by atoms with Gasteiger partial charge in [-0.2, -0.15) is 4.98 Å². The van der Waals surface area contributed by atoms with Crippen LogP contribution in [0.1, 0.15) is 36.1 Å². The van der Waals surface area contributed by atoms with Gasteiger partial charge >= 0.3 is 0 Å². The van der Waals surface area contributed by atoms with Crippen molar-refractivity contribution in [2.45, 2.75) is 31.7 Å². The van der Waals surface area contributed by atoms with Gasteiger partial charge in [0.05, 0.1) is 13.5 Å². The van der Waals surface area contributed by atoms with Crippen LogP contribution in [-0.4, -0.2) is 34.6 Å². The van der Waals surface area contributed by atoms with Gasteiger partial charge in [0, 0.05) is 17.0 Å². The molecule has 2 aromatic heterocycles. The number of likely N-dealkylation sites (tertiary alicyclic amines) is 1. The van der Waals surface area contributed by atoms with E-state index in [1.807, 2.05) is 46.7 Å². The number of thiophene rings is 1. The van der Waals surface area contributed by atoms with Crippen molar-refractivity contribution in [3.63, 3.8) is 0 Å². The number of methoxy groups -OCH3 is 1. The minimum Gasteiger partial charge on any atom is -0.497 e. The fourth-order valence-corrected chi connectivity index (χ4v) is 4.10. The van der Waals surface area contributed by atoms with Gasteiger partial charge in [0.15, 0.2) is 0 Å².